The van der Waals surface area contributed by atoms with Gasteiger partial charge in [0.25, 0.3) is 0 Å². The average molecular weight is 291 g/mol. The van der Waals surface area contributed by atoms with Gasteiger partial charge in [0, 0.05) is 37.4 Å². The SMILES string of the molecule is O=S(=O)(c1ccc2cnccc2c1)N1CCCNCC1. The predicted molar refractivity (Wildman–Crippen MR) is 78.0 cm³/mol. The van der Waals surface area contributed by atoms with E-state index in [1.807, 2.05) is 12.1 Å². The highest BCUT2D eigenvalue weighted by Crippen LogP contribution is 2.21. The molecule has 1 aromatic heterocycles. The molecule has 0 amide bonds. The Morgan fingerprint density at radius 1 is 1.10 bits per heavy atom. The van der Waals surface area contributed by atoms with Crippen molar-refractivity contribution in [3.8, 4) is 0 Å². The number of aromatic nitrogens is 1. The number of nitrogens with one attached hydrogen (secondary N) is 1. The van der Waals surface area contributed by atoms with Gasteiger partial charge >= 0.3 is 0 Å². The van der Waals surface area contributed by atoms with Crippen LogP contribution < -0.4 is 5.32 Å². The number of fused-ring (bicyclic) bond motifs is 1. The molecule has 0 radical (unpaired) electrons. The Bertz CT molecular complexity index is 707. The van der Waals surface area contributed by atoms with Gasteiger partial charge in [0.15, 0.2) is 0 Å². The molecule has 2 aromatic rings. The van der Waals surface area contributed by atoms with E-state index in [2.05, 4.69) is 10.3 Å². The highest BCUT2D eigenvalue weighted by atomic mass is 32.2. The molecule has 0 aliphatic carbocycles. The Morgan fingerprint density at radius 2 is 2.00 bits per heavy atom. The Balaban J connectivity index is 1.99. The maximum Gasteiger partial charge on any atom is 0.243 e. The van der Waals surface area contributed by atoms with Crippen LogP contribution in [-0.4, -0.2) is 43.9 Å². The largest absolute Gasteiger partial charge is 0.315 e. The molecule has 20 heavy (non-hydrogen) atoms. The highest BCUT2D eigenvalue weighted by Gasteiger charge is 2.25. The van der Waals surface area contributed by atoms with Crippen LogP contribution in [0.15, 0.2) is 41.6 Å². The van der Waals surface area contributed by atoms with Crippen LogP contribution in [0.3, 0.4) is 0 Å². The maximum absolute atomic E-state index is 12.7. The van der Waals surface area contributed by atoms with Crippen molar-refractivity contribution >= 4 is 20.8 Å². The van der Waals surface area contributed by atoms with Crippen molar-refractivity contribution in [1.29, 1.82) is 0 Å². The number of hydrogen-bond donors (Lipinski definition) is 1. The molecule has 0 unspecified atom stereocenters. The van der Waals surface area contributed by atoms with Gasteiger partial charge in [0.1, 0.15) is 0 Å². The Kier molecular flexibility index (Phi) is 3.69. The van der Waals surface area contributed by atoms with Crippen LogP contribution in [0.4, 0.5) is 0 Å². The second-order valence-electron chi connectivity index (χ2n) is 4.89. The van der Waals surface area contributed by atoms with E-state index in [0.717, 1.165) is 23.7 Å². The lowest BCUT2D eigenvalue weighted by molar-refractivity contribution is 0.432. The molecule has 3 rings (SSSR count). The van der Waals surface area contributed by atoms with Crippen molar-refractivity contribution in [2.24, 2.45) is 0 Å². The van der Waals surface area contributed by atoms with E-state index in [9.17, 15) is 8.42 Å². The van der Waals surface area contributed by atoms with Crippen LogP contribution in [0.1, 0.15) is 6.42 Å². The van der Waals surface area contributed by atoms with Crippen LogP contribution >= 0.6 is 0 Å². The van der Waals surface area contributed by atoms with Crippen molar-refractivity contribution in [2.45, 2.75) is 11.3 Å². The molecule has 1 aliphatic heterocycles. The molecule has 2 heterocycles. The van der Waals surface area contributed by atoms with Gasteiger partial charge in [-0.15, -0.1) is 0 Å². The topological polar surface area (TPSA) is 62.3 Å². The molecule has 1 aliphatic rings. The van der Waals surface area contributed by atoms with Gasteiger partial charge in [-0.25, -0.2) is 8.42 Å². The number of rotatable bonds is 2. The summed E-state index contributed by atoms with van der Waals surface area (Å²) in [6, 6.07) is 7.03. The molecule has 0 bridgehead atoms. The number of sulfonamides is 1. The fourth-order valence-electron chi connectivity index (χ4n) is 2.43. The van der Waals surface area contributed by atoms with Gasteiger partial charge in [-0.1, -0.05) is 6.07 Å². The average Bonchev–Trinajstić information content (AvgIpc) is 2.76. The Morgan fingerprint density at radius 3 is 2.90 bits per heavy atom. The van der Waals surface area contributed by atoms with Crippen molar-refractivity contribution in [3.63, 3.8) is 0 Å². The summed E-state index contributed by atoms with van der Waals surface area (Å²) in [7, 11) is -3.40. The zero-order valence-corrected chi connectivity index (χ0v) is 11.9. The first kappa shape index (κ1) is 13.5. The minimum absolute atomic E-state index is 0.359. The number of benzene rings is 1. The van der Waals surface area contributed by atoms with E-state index in [1.54, 1.807) is 28.8 Å². The standard InChI is InChI=1S/C14H17N3O2S/c18-20(19,17-8-1-5-15-7-9-17)14-3-2-13-11-16-6-4-12(13)10-14/h2-4,6,10-11,15H,1,5,7-9H2. The van der Waals surface area contributed by atoms with E-state index in [-0.39, 0.29) is 0 Å². The molecule has 5 nitrogen and oxygen atoms in total. The van der Waals surface area contributed by atoms with Crippen LogP contribution in [0.2, 0.25) is 0 Å². The summed E-state index contributed by atoms with van der Waals surface area (Å²) < 4.78 is 26.9. The fraction of sp³-hybridized carbons (Fsp3) is 0.357. The molecular formula is C14H17N3O2S. The molecule has 6 heteroatoms. The van der Waals surface area contributed by atoms with Gasteiger partial charge in [-0.2, -0.15) is 4.31 Å². The lowest BCUT2D eigenvalue weighted by atomic mass is 10.2. The first-order valence-corrected chi connectivity index (χ1v) is 8.16. The summed E-state index contributed by atoms with van der Waals surface area (Å²) in [5, 5.41) is 5.06. The zero-order chi connectivity index (χ0) is 14.0. The Hall–Kier alpha value is -1.50. The zero-order valence-electron chi connectivity index (χ0n) is 11.1. The van der Waals surface area contributed by atoms with E-state index in [4.69, 9.17) is 0 Å². The molecule has 1 fully saturated rings. The van der Waals surface area contributed by atoms with Crippen LogP contribution in [-0.2, 0) is 10.0 Å². The van der Waals surface area contributed by atoms with E-state index >= 15 is 0 Å². The predicted octanol–water partition coefficient (Wildman–Crippen LogP) is 1.22. The van der Waals surface area contributed by atoms with Gasteiger partial charge in [-0.3, -0.25) is 4.98 Å². The van der Waals surface area contributed by atoms with Gasteiger partial charge in [0.05, 0.1) is 4.90 Å². The molecule has 0 atom stereocenters. The van der Waals surface area contributed by atoms with Crippen molar-refractivity contribution in [1.82, 2.24) is 14.6 Å². The summed E-state index contributed by atoms with van der Waals surface area (Å²) in [6.45, 7) is 2.67. The number of pyridine rings is 1. The molecule has 1 aromatic carbocycles. The van der Waals surface area contributed by atoms with Gasteiger partial charge < -0.3 is 5.32 Å². The minimum Gasteiger partial charge on any atom is -0.315 e. The van der Waals surface area contributed by atoms with Crippen molar-refractivity contribution < 1.29 is 8.42 Å². The number of hydrogen-bond acceptors (Lipinski definition) is 4. The second kappa shape index (κ2) is 5.47. The summed E-state index contributed by atoms with van der Waals surface area (Å²) in [5.74, 6) is 0. The third-order valence-corrected chi connectivity index (χ3v) is 5.44. The fourth-order valence-corrected chi connectivity index (χ4v) is 3.95. The summed E-state index contributed by atoms with van der Waals surface area (Å²) in [4.78, 5) is 4.40. The van der Waals surface area contributed by atoms with E-state index in [1.165, 1.54) is 0 Å². The maximum atomic E-state index is 12.7. The van der Waals surface area contributed by atoms with Gasteiger partial charge in [0.2, 0.25) is 10.0 Å². The summed E-state index contributed by atoms with van der Waals surface area (Å²) in [5.41, 5.74) is 0. The normalized spacial score (nSPS) is 18.0. The third-order valence-electron chi connectivity index (χ3n) is 3.55. The van der Waals surface area contributed by atoms with Crippen molar-refractivity contribution in [2.75, 3.05) is 26.2 Å². The Labute approximate surface area is 118 Å². The second-order valence-corrected chi connectivity index (χ2v) is 6.83. The van der Waals surface area contributed by atoms with Crippen LogP contribution in [0.25, 0.3) is 10.8 Å². The summed E-state index contributed by atoms with van der Waals surface area (Å²) >= 11 is 0. The van der Waals surface area contributed by atoms with Crippen LogP contribution in [0.5, 0.6) is 0 Å². The van der Waals surface area contributed by atoms with Crippen LogP contribution in [0, 0.1) is 0 Å². The van der Waals surface area contributed by atoms with Gasteiger partial charge in [-0.05, 0) is 36.6 Å². The summed E-state index contributed by atoms with van der Waals surface area (Å²) in [6.07, 6.45) is 4.26. The van der Waals surface area contributed by atoms with Crippen molar-refractivity contribution in [3.05, 3.63) is 36.7 Å². The molecular weight excluding hydrogens is 274 g/mol. The molecule has 106 valence electrons. The lowest BCUT2D eigenvalue weighted by Crippen LogP contribution is -2.34. The first-order chi connectivity index (χ1) is 9.68. The number of nitrogens with zero attached hydrogens (tertiary/aromatic N) is 2. The third kappa shape index (κ3) is 2.54. The molecule has 1 N–H and O–H groups in total. The molecule has 0 spiro atoms. The molecule has 0 saturated carbocycles. The highest BCUT2D eigenvalue weighted by molar-refractivity contribution is 7.89. The monoisotopic (exact) mass is 291 g/mol. The first-order valence-electron chi connectivity index (χ1n) is 6.72. The lowest BCUT2D eigenvalue weighted by Gasteiger charge is -2.19. The minimum atomic E-state index is -3.40. The smallest absolute Gasteiger partial charge is 0.243 e. The van der Waals surface area contributed by atoms with E-state index in [0.29, 0.717) is 24.5 Å². The molecule has 1 saturated heterocycles. The van der Waals surface area contributed by atoms with E-state index < -0.39 is 10.0 Å². The quantitative estimate of drug-likeness (QED) is 0.903.